The molecular weight excluding hydrogens is 162 g/mol. The molecule has 1 aliphatic carbocycles. The Hall–Kier alpha value is -0.0800. The standard InChI is InChI=1S/C11H21NO/c1-9-2-4-10(5-3-9)6-12-11-7-13-8-11/h9-12H,2-8H2,1H3. The molecule has 2 aliphatic rings. The van der Waals surface area contributed by atoms with E-state index in [2.05, 4.69) is 12.2 Å². The Labute approximate surface area is 81.0 Å². The van der Waals surface area contributed by atoms with Gasteiger partial charge in [0.2, 0.25) is 0 Å². The fraction of sp³-hybridized carbons (Fsp3) is 1.00. The molecule has 0 unspecified atom stereocenters. The molecule has 0 aromatic rings. The number of hydrogen-bond donors (Lipinski definition) is 1. The molecule has 2 heteroatoms. The monoisotopic (exact) mass is 183 g/mol. The highest BCUT2D eigenvalue weighted by Crippen LogP contribution is 2.27. The van der Waals surface area contributed by atoms with Crippen LogP contribution in [-0.4, -0.2) is 25.8 Å². The Morgan fingerprint density at radius 2 is 1.85 bits per heavy atom. The molecule has 0 amide bonds. The second kappa shape index (κ2) is 4.43. The van der Waals surface area contributed by atoms with Gasteiger partial charge in [-0.05, 0) is 31.2 Å². The molecule has 1 aliphatic heterocycles. The number of nitrogens with one attached hydrogen (secondary N) is 1. The largest absolute Gasteiger partial charge is 0.378 e. The maximum absolute atomic E-state index is 5.13. The van der Waals surface area contributed by atoms with Crippen LogP contribution in [0.3, 0.4) is 0 Å². The van der Waals surface area contributed by atoms with Crippen molar-refractivity contribution in [2.24, 2.45) is 11.8 Å². The van der Waals surface area contributed by atoms with Gasteiger partial charge in [-0.3, -0.25) is 0 Å². The first kappa shape index (κ1) is 9.47. The summed E-state index contributed by atoms with van der Waals surface area (Å²) in [5.41, 5.74) is 0. The Kier molecular flexibility index (Phi) is 3.23. The van der Waals surface area contributed by atoms with Crippen LogP contribution < -0.4 is 5.32 Å². The Bertz CT molecular complexity index is 148. The normalized spacial score (nSPS) is 35.8. The van der Waals surface area contributed by atoms with Gasteiger partial charge in [0.05, 0.1) is 19.3 Å². The third-order valence-electron chi connectivity index (χ3n) is 3.47. The lowest BCUT2D eigenvalue weighted by atomic mass is 9.83. The first-order valence-corrected chi connectivity index (χ1v) is 5.65. The quantitative estimate of drug-likeness (QED) is 0.720. The summed E-state index contributed by atoms with van der Waals surface area (Å²) in [4.78, 5) is 0. The fourth-order valence-electron chi connectivity index (χ4n) is 2.22. The van der Waals surface area contributed by atoms with Crippen molar-refractivity contribution < 1.29 is 4.74 Å². The Balaban J connectivity index is 1.59. The average Bonchev–Trinajstić information content (AvgIpc) is 2.05. The summed E-state index contributed by atoms with van der Waals surface area (Å²) in [6.07, 6.45) is 5.74. The van der Waals surface area contributed by atoms with Gasteiger partial charge in [0.1, 0.15) is 0 Å². The van der Waals surface area contributed by atoms with E-state index >= 15 is 0 Å². The highest BCUT2D eigenvalue weighted by Gasteiger charge is 2.21. The Morgan fingerprint density at radius 1 is 1.15 bits per heavy atom. The van der Waals surface area contributed by atoms with Crippen molar-refractivity contribution in [1.82, 2.24) is 5.32 Å². The van der Waals surface area contributed by atoms with Crippen molar-refractivity contribution in [3.05, 3.63) is 0 Å². The summed E-state index contributed by atoms with van der Waals surface area (Å²) in [6, 6.07) is 0.666. The highest BCUT2D eigenvalue weighted by molar-refractivity contribution is 4.77. The SMILES string of the molecule is CC1CCC(CNC2COC2)CC1. The summed E-state index contributed by atoms with van der Waals surface area (Å²) >= 11 is 0. The van der Waals surface area contributed by atoms with E-state index in [1.807, 2.05) is 0 Å². The van der Waals surface area contributed by atoms with Crippen LogP contribution >= 0.6 is 0 Å². The smallest absolute Gasteiger partial charge is 0.0643 e. The molecule has 0 bridgehead atoms. The van der Waals surface area contributed by atoms with Gasteiger partial charge < -0.3 is 10.1 Å². The van der Waals surface area contributed by atoms with Crippen LogP contribution in [0, 0.1) is 11.8 Å². The van der Waals surface area contributed by atoms with Crippen LogP contribution in [0.15, 0.2) is 0 Å². The fourth-order valence-corrected chi connectivity index (χ4v) is 2.22. The summed E-state index contributed by atoms with van der Waals surface area (Å²) < 4.78 is 5.13. The second-order valence-electron chi connectivity index (χ2n) is 4.77. The van der Waals surface area contributed by atoms with Gasteiger partial charge in [0, 0.05) is 0 Å². The van der Waals surface area contributed by atoms with E-state index in [1.54, 1.807) is 0 Å². The third kappa shape index (κ3) is 2.68. The zero-order chi connectivity index (χ0) is 9.10. The number of ether oxygens (including phenoxy) is 1. The molecule has 0 atom stereocenters. The molecule has 2 nitrogen and oxygen atoms in total. The molecule has 0 aromatic carbocycles. The van der Waals surface area contributed by atoms with Crippen molar-refractivity contribution in [2.45, 2.75) is 38.6 Å². The van der Waals surface area contributed by atoms with Crippen molar-refractivity contribution in [1.29, 1.82) is 0 Å². The first-order chi connectivity index (χ1) is 6.34. The van der Waals surface area contributed by atoms with E-state index in [9.17, 15) is 0 Å². The molecule has 1 saturated carbocycles. The van der Waals surface area contributed by atoms with Crippen molar-refractivity contribution >= 4 is 0 Å². The van der Waals surface area contributed by atoms with Gasteiger partial charge in [0.25, 0.3) is 0 Å². The van der Waals surface area contributed by atoms with Gasteiger partial charge in [-0.2, -0.15) is 0 Å². The molecule has 13 heavy (non-hydrogen) atoms. The maximum Gasteiger partial charge on any atom is 0.0643 e. The van der Waals surface area contributed by atoms with E-state index in [0.29, 0.717) is 6.04 Å². The number of rotatable bonds is 3. The van der Waals surface area contributed by atoms with E-state index in [-0.39, 0.29) is 0 Å². The van der Waals surface area contributed by atoms with Gasteiger partial charge in [-0.1, -0.05) is 19.8 Å². The minimum absolute atomic E-state index is 0.666. The summed E-state index contributed by atoms with van der Waals surface area (Å²) in [6.45, 7) is 5.47. The van der Waals surface area contributed by atoms with Gasteiger partial charge >= 0.3 is 0 Å². The second-order valence-corrected chi connectivity index (χ2v) is 4.77. The molecule has 2 rings (SSSR count). The van der Waals surface area contributed by atoms with E-state index in [1.165, 1.54) is 32.2 Å². The molecule has 1 N–H and O–H groups in total. The topological polar surface area (TPSA) is 21.3 Å². The average molecular weight is 183 g/mol. The third-order valence-corrected chi connectivity index (χ3v) is 3.47. The van der Waals surface area contributed by atoms with Gasteiger partial charge in [-0.25, -0.2) is 0 Å². The molecule has 0 spiro atoms. The van der Waals surface area contributed by atoms with Crippen LogP contribution in [0.2, 0.25) is 0 Å². The van der Waals surface area contributed by atoms with Crippen molar-refractivity contribution in [3.8, 4) is 0 Å². The van der Waals surface area contributed by atoms with Gasteiger partial charge in [0.15, 0.2) is 0 Å². The Morgan fingerprint density at radius 3 is 2.38 bits per heavy atom. The van der Waals surface area contributed by atoms with Gasteiger partial charge in [-0.15, -0.1) is 0 Å². The van der Waals surface area contributed by atoms with Crippen molar-refractivity contribution in [2.75, 3.05) is 19.8 Å². The minimum atomic E-state index is 0.666. The molecule has 2 fully saturated rings. The molecule has 1 heterocycles. The zero-order valence-electron chi connectivity index (χ0n) is 8.59. The van der Waals surface area contributed by atoms with E-state index in [0.717, 1.165) is 25.0 Å². The molecule has 0 radical (unpaired) electrons. The lowest BCUT2D eigenvalue weighted by molar-refractivity contribution is -0.00725. The van der Waals surface area contributed by atoms with Crippen LogP contribution in [0.25, 0.3) is 0 Å². The maximum atomic E-state index is 5.13. The van der Waals surface area contributed by atoms with Crippen LogP contribution in [0.5, 0.6) is 0 Å². The lowest BCUT2D eigenvalue weighted by Crippen LogP contribution is -2.47. The molecular formula is C11H21NO. The minimum Gasteiger partial charge on any atom is -0.378 e. The van der Waals surface area contributed by atoms with E-state index < -0.39 is 0 Å². The number of hydrogen-bond acceptors (Lipinski definition) is 2. The predicted octanol–water partition coefficient (Wildman–Crippen LogP) is 1.80. The zero-order valence-corrected chi connectivity index (χ0v) is 8.59. The summed E-state index contributed by atoms with van der Waals surface area (Å²) in [7, 11) is 0. The molecule has 1 saturated heterocycles. The van der Waals surface area contributed by atoms with Crippen molar-refractivity contribution in [3.63, 3.8) is 0 Å². The summed E-state index contributed by atoms with van der Waals surface area (Å²) in [5.74, 6) is 1.92. The van der Waals surface area contributed by atoms with Crippen LogP contribution in [-0.2, 0) is 4.74 Å². The lowest BCUT2D eigenvalue weighted by Gasteiger charge is -2.31. The van der Waals surface area contributed by atoms with Crippen LogP contribution in [0.1, 0.15) is 32.6 Å². The first-order valence-electron chi connectivity index (χ1n) is 5.65. The predicted molar refractivity (Wildman–Crippen MR) is 53.7 cm³/mol. The van der Waals surface area contributed by atoms with Crippen LogP contribution in [0.4, 0.5) is 0 Å². The summed E-state index contributed by atoms with van der Waals surface area (Å²) in [5, 5.41) is 3.58. The molecule has 76 valence electrons. The highest BCUT2D eigenvalue weighted by atomic mass is 16.5. The molecule has 0 aromatic heterocycles. The van der Waals surface area contributed by atoms with E-state index in [4.69, 9.17) is 4.74 Å².